The van der Waals surface area contributed by atoms with Crippen molar-refractivity contribution in [2.45, 2.75) is 25.2 Å². The number of aryl methyl sites for hydroxylation is 1. The van der Waals surface area contributed by atoms with Crippen LogP contribution in [0.2, 0.25) is 0 Å². The molecule has 1 saturated heterocycles. The molecule has 0 amide bonds. The molecule has 1 aliphatic heterocycles. The van der Waals surface area contributed by atoms with Crippen molar-refractivity contribution in [1.82, 2.24) is 24.9 Å². The van der Waals surface area contributed by atoms with E-state index in [0.717, 1.165) is 48.8 Å². The summed E-state index contributed by atoms with van der Waals surface area (Å²) in [5, 5.41) is 11.6. The van der Waals surface area contributed by atoms with E-state index in [1.54, 1.807) is 6.20 Å². The van der Waals surface area contributed by atoms with E-state index in [1.165, 1.54) is 12.1 Å². The van der Waals surface area contributed by atoms with E-state index >= 15 is 0 Å². The zero-order valence-corrected chi connectivity index (χ0v) is 17.1. The molecule has 1 N–H and O–H groups in total. The number of hydrogen-bond donors (Lipinski definition) is 1. The van der Waals surface area contributed by atoms with Gasteiger partial charge in [0.2, 0.25) is 0 Å². The first-order valence-corrected chi connectivity index (χ1v) is 10.0. The summed E-state index contributed by atoms with van der Waals surface area (Å²) in [6.07, 6.45) is -2.12. The molecule has 0 bridgehead atoms. The topological polar surface area (TPSA) is 68.2 Å². The van der Waals surface area contributed by atoms with Gasteiger partial charge in [-0.2, -0.15) is 23.4 Å². The van der Waals surface area contributed by atoms with Gasteiger partial charge in [-0.3, -0.25) is 14.7 Å². The maximum Gasteiger partial charge on any atom is 0.416 e. The maximum atomic E-state index is 12.6. The van der Waals surface area contributed by atoms with Gasteiger partial charge < -0.3 is 9.47 Å². The minimum atomic E-state index is -4.35. The van der Waals surface area contributed by atoms with E-state index in [9.17, 15) is 13.2 Å². The fraction of sp³-hybridized carbons (Fsp3) is 0.429. The van der Waals surface area contributed by atoms with E-state index in [1.807, 2.05) is 23.9 Å². The molecule has 1 aliphatic rings. The van der Waals surface area contributed by atoms with Gasteiger partial charge in [0.15, 0.2) is 0 Å². The van der Waals surface area contributed by atoms with Crippen molar-refractivity contribution in [3.63, 3.8) is 0 Å². The Bertz CT molecular complexity index is 984. The minimum Gasteiger partial charge on any atom is -0.493 e. The lowest BCUT2D eigenvalue weighted by molar-refractivity contribution is -0.137. The standard InChI is InChI=1S/C21H24F3N5O2/c1-28-17(6-8-25-28)13-29-9-11-31-20(14-29)19-12-16(26-27-19)7-10-30-18-4-2-15(3-5-18)21(22,23)24/h2-6,8,12,20H,7,9-11,13-14H2,1H3,(H,26,27). The highest BCUT2D eigenvalue weighted by Gasteiger charge is 2.30. The van der Waals surface area contributed by atoms with Crippen molar-refractivity contribution >= 4 is 0 Å². The number of alkyl halides is 3. The normalized spacial score (nSPS) is 17.7. The van der Waals surface area contributed by atoms with Crippen molar-refractivity contribution in [1.29, 1.82) is 0 Å². The lowest BCUT2D eigenvalue weighted by Gasteiger charge is -2.31. The highest BCUT2D eigenvalue weighted by atomic mass is 19.4. The first-order valence-electron chi connectivity index (χ1n) is 10.0. The van der Waals surface area contributed by atoms with Gasteiger partial charge in [0.25, 0.3) is 0 Å². The van der Waals surface area contributed by atoms with Gasteiger partial charge in [-0.05, 0) is 36.4 Å². The number of H-pyrrole nitrogens is 1. The highest BCUT2D eigenvalue weighted by Crippen LogP contribution is 2.30. The average molecular weight is 435 g/mol. The second-order valence-electron chi connectivity index (χ2n) is 7.48. The van der Waals surface area contributed by atoms with Gasteiger partial charge in [-0.1, -0.05) is 0 Å². The molecule has 3 aromatic rings. The molecule has 1 fully saturated rings. The van der Waals surface area contributed by atoms with Crippen LogP contribution in [0.3, 0.4) is 0 Å². The summed E-state index contributed by atoms with van der Waals surface area (Å²) in [6, 6.07) is 8.65. The molecule has 0 spiro atoms. The first kappa shape index (κ1) is 21.4. The zero-order chi connectivity index (χ0) is 21.8. The number of aromatic nitrogens is 4. The van der Waals surface area contributed by atoms with Crippen LogP contribution >= 0.6 is 0 Å². The molecule has 0 radical (unpaired) electrons. The summed E-state index contributed by atoms with van der Waals surface area (Å²) in [7, 11) is 1.93. The van der Waals surface area contributed by atoms with Crippen LogP contribution in [0, 0.1) is 0 Å². The van der Waals surface area contributed by atoms with E-state index < -0.39 is 11.7 Å². The maximum absolute atomic E-state index is 12.6. The Morgan fingerprint density at radius 3 is 2.74 bits per heavy atom. The molecule has 4 rings (SSSR count). The molecule has 10 heteroatoms. The Morgan fingerprint density at radius 2 is 2.03 bits per heavy atom. The molecular formula is C21H24F3N5O2. The van der Waals surface area contributed by atoms with Crippen LogP contribution in [0.5, 0.6) is 5.75 Å². The summed E-state index contributed by atoms with van der Waals surface area (Å²) < 4.78 is 51.2. The SMILES string of the molecule is Cn1nccc1CN1CCOC(c2cc(CCOc3ccc(C(F)(F)F)cc3)[nH]n2)C1. The number of nitrogens with one attached hydrogen (secondary N) is 1. The van der Waals surface area contributed by atoms with Gasteiger partial charge in [0.05, 0.1) is 30.2 Å². The van der Waals surface area contributed by atoms with E-state index in [2.05, 4.69) is 20.2 Å². The third-order valence-electron chi connectivity index (χ3n) is 5.26. The van der Waals surface area contributed by atoms with Crippen molar-refractivity contribution in [3.8, 4) is 5.75 Å². The Hall–Kier alpha value is -2.85. The van der Waals surface area contributed by atoms with Gasteiger partial charge >= 0.3 is 6.18 Å². The number of ether oxygens (including phenoxy) is 2. The molecule has 31 heavy (non-hydrogen) atoms. The van der Waals surface area contributed by atoms with E-state index in [-0.39, 0.29) is 6.10 Å². The van der Waals surface area contributed by atoms with Crippen molar-refractivity contribution in [3.05, 3.63) is 65.2 Å². The molecule has 1 unspecified atom stereocenters. The Morgan fingerprint density at radius 1 is 1.23 bits per heavy atom. The van der Waals surface area contributed by atoms with Crippen LogP contribution in [-0.4, -0.2) is 51.2 Å². The lowest BCUT2D eigenvalue weighted by Crippen LogP contribution is -2.38. The predicted octanol–water partition coefficient (Wildman–Crippen LogP) is 3.36. The van der Waals surface area contributed by atoms with Gasteiger partial charge in [-0.15, -0.1) is 0 Å². The van der Waals surface area contributed by atoms with Gasteiger partial charge in [0, 0.05) is 45.0 Å². The second kappa shape index (κ2) is 9.11. The van der Waals surface area contributed by atoms with Gasteiger partial charge in [-0.25, -0.2) is 0 Å². The molecule has 1 aromatic carbocycles. The summed E-state index contributed by atoms with van der Waals surface area (Å²) in [6.45, 7) is 3.33. The summed E-state index contributed by atoms with van der Waals surface area (Å²) in [4.78, 5) is 2.31. The fourth-order valence-electron chi connectivity index (χ4n) is 3.50. The van der Waals surface area contributed by atoms with E-state index in [0.29, 0.717) is 25.4 Å². The fourth-order valence-corrected chi connectivity index (χ4v) is 3.50. The highest BCUT2D eigenvalue weighted by molar-refractivity contribution is 5.28. The summed E-state index contributed by atoms with van der Waals surface area (Å²) in [5.41, 5.74) is 2.17. The van der Waals surface area contributed by atoms with Crippen molar-refractivity contribution < 1.29 is 22.6 Å². The van der Waals surface area contributed by atoms with Gasteiger partial charge in [0.1, 0.15) is 11.9 Å². The number of hydrogen-bond acceptors (Lipinski definition) is 5. The molecule has 0 aliphatic carbocycles. The first-order chi connectivity index (χ1) is 14.9. The smallest absolute Gasteiger partial charge is 0.416 e. The van der Waals surface area contributed by atoms with Crippen LogP contribution in [0.15, 0.2) is 42.6 Å². The molecule has 3 heterocycles. The molecular weight excluding hydrogens is 411 g/mol. The van der Waals surface area contributed by atoms with Crippen molar-refractivity contribution in [2.75, 3.05) is 26.3 Å². The summed E-state index contributed by atoms with van der Waals surface area (Å²) in [5.74, 6) is 0.397. The Balaban J connectivity index is 1.27. The van der Waals surface area contributed by atoms with Crippen LogP contribution in [0.4, 0.5) is 13.2 Å². The number of nitrogens with zero attached hydrogens (tertiary/aromatic N) is 4. The van der Waals surface area contributed by atoms with Crippen LogP contribution in [0.25, 0.3) is 0 Å². The third-order valence-corrected chi connectivity index (χ3v) is 5.26. The van der Waals surface area contributed by atoms with Crippen LogP contribution < -0.4 is 4.74 Å². The average Bonchev–Trinajstić information content (AvgIpc) is 3.37. The number of rotatable bonds is 7. The number of aromatic amines is 1. The van der Waals surface area contributed by atoms with E-state index in [4.69, 9.17) is 9.47 Å². The van der Waals surface area contributed by atoms with Crippen LogP contribution in [0.1, 0.15) is 28.7 Å². The number of halogens is 3. The molecule has 0 saturated carbocycles. The zero-order valence-electron chi connectivity index (χ0n) is 17.1. The molecule has 166 valence electrons. The molecule has 1 atom stereocenters. The Labute approximate surface area is 177 Å². The number of morpholine rings is 1. The quantitative estimate of drug-likeness (QED) is 0.617. The minimum absolute atomic E-state index is 0.122. The van der Waals surface area contributed by atoms with Crippen molar-refractivity contribution in [2.24, 2.45) is 7.05 Å². The number of benzene rings is 1. The monoisotopic (exact) mass is 435 g/mol. The third kappa shape index (κ3) is 5.45. The van der Waals surface area contributed by atoms with Crippen LogP contribution in [-0.2, 0) is 30.9 Å². The molecule has 7 nitrogen and oxygen atoms in total. The lowest BCUT2D eigenvalue weighted by atomic mass is 10.1. The second-order valence-corrected chi connectivity index (χ2v) is 7.48. The summed E-state index contributed by atoms with van der Waals surface area (Å²) >= 11 is 0. The largest absolute Gasteiger partial charge is 0.493 e. The Kier molecular flexibility index (Phi) is 6.28. The molecule has 2 aromatic heterocycles. The predicted molar refractivity (Wildman–Crippen MR) is 106 cm³/mol.